The summed E-state index contributed by atoms with van der Waals surface area (Å²) in [6, 6.07) is 13.3. The van der Waals surface area contributed by atoms with E-state index < -0.39 is 10.0 Å². The first-order chi connectivity index (χ1) is 10.0. The minimum atomic E-state index is -3.45. The second kappa shape index (κ2) is 5.43. The van der Waals surface area contributed by atoms with Crippen LogP contribution in [0.2, 0.25) is 0 Å². The molecule has 2 atom stereocenters. The number of fused-ring (bicyclic) bond motifs is 1. The highest BCUT2D eigenvalue weighted by Crippen LogP contribution is 2.32. The maximum atomic E-state index is 13.1. The second-order valence-electron chi connectivity index (χ2n) is 5.94. The summed E-state index contributed by atoms with van der Waals surface area (Å²) in [5.41, 5.74) is 0. The van der Waals surface area contributed by atoms with Gasteiger partial charge in [-0.25, -0.2) is 8.42 Å². The molecule has 0 bridgehead atoms. The maximum absolute atomic E-state index is 13.1. The molecule has 21 heavy (non-hydrogen) atoms. The zero-order valence-corrected chi connectivity index (χ0v) is 13.3. The zero-order valence-electron chi connectivity index (χ0n) is 12.5. The molecule has 3 rings (SSSR count). The highest BCUT2D eigenvalue weighted by molar-refractivity contribution is 7.89. The molecule has 3 nitrogen and oxygen atoms in total. The summed E-state index contributed by atoms with van der Waals surface area (Å²) < 4.78 is 28.0. The van der Waals surface area contributed by atoms with E-state index in [1.54, 1.807) is 10.4 Å². The molecular weight excluding hydrogens is 282 g/mol. The summed E-state index contributed by atoms with van der Waals surface area (Å²) in [5, 5.41) is 1.78. The molecule has 1 heterocycles. The standard InChI is InChI=1S/C17H21NO2S/c1-13-7-5-8-14(2)18(13)21(19,20)17-12-6-10-15-9-3-4-11-16(15)17/h3-4,6,9-14H,5,7-8H2,1-2H3/t13-,14+. The van der Waals surface area contributed by atoms with Crippen molar-refractivity contribution in [3.8, 4) is 0 Å². The molecule has 4 heteroatoms. The van der Waals surface area contributed by atoms with E-state index >= 15 is 0 Å². The van der Waals surface area contributed by atoms with Crippen LogP contribution in [0.5, 0.6) is 0 Å². The molecule has 1 aliphatic heterocycles. The Balaban J connectivity index is 2.16. The Hall–Kier alpha value is -1.39. The lowest BCUT2D eigenvalue weighted by molar-refractivity contribution is 0.204. The van der Waals surface area contributed by atoms with Gasteiger partial charge in [0.1, 0.15) is 0 Å². The fourth-order valence-electron chi connectivity index (χ4n) is 3.41. The first-order valence-electron chi connectivity index (χ1n) is 7.53. The van der Waals surface area contributed by atoms with Crippen LogP contribution in [0.1, 0.15) is 33.1 Å². The van der Waals surface area contributed by atoms with Crippen LogP contribution in [0.15, 0.2) is 47.4 Å². The molecule has 0 radical (unpaired) electrons. The van der Waals surface area contributed by atoms with E-state index in [1.807, 2.05) is 50.2 Å². The molecule has 0 spiro atoms. The fourth-order valence-corrected chi connectivity index (χ4v) is 5.51. The summed E-state index contributed by atoms with van der Waals surface area (Å²) >= 11 is 0. The number of piperidine rings is 1. The number of nitrogens with zero attached hydrogens (tertiary/aromatic N) is 1. The predicted octanol–water partition coefficient (Wildman–Crippen LogP) is 3.79. The Morgan fingerprint density at radius 2 is 1.57 bits per heavy atom. The number of rotatable bonds is 2. The molecule has 2 aromatic carbocycles. The molecule has 0 unspecified atom stereocenters. The van der Waals surface area contributed by atoms with Gasteiger partial charge in [-0.1, -0.05) is 42.8 Å². The van der Waals surface area contributed by atoms with Crippen molar-refractivity contribution in [2.75, 3.05) is 0 Å². The Labute approximate surface area is 126 Å². The zero-order chi connectivity index (χ0) is 15.0. The third-order valence-corrected chi connectivity index (χ3v) is 6.60. The fraction of sp³-hybridized carbons (Fsp3) is 0.412. The minimum Gasteiger partial charge on any atom is -0.207 e. The molecule has 0 aromatic heterocycles. The van der Waals surface area contributed by atoms with Crippen molar-refractivity contribution in [3.63, 3.8) is 0 Å². The maximum Gasteiger partial charge on any atom is 0.244 e. The van der Waals surface area contributed by atoms with Crippen molar-refractivity contribution in [1.29, 1.82) is 0 Å². The normalized spacial score (nSPS) is 24.3. The summed E-state index contributed by atoms with van der Waals surface area (Å²) in [7, 11) is -3.45. The Morgan fingerprint density at radius 1 is 0.952 bits per heavy atom. The van der Waals surface area contributed by atoms with Gasteiger partial charge in [-0.05, 0) is 38.1 Å². The van der Waals surface area contributed by atoms with Crippen molar-refractivity contribution in [1.82, 2.24) is 4.31 Å². The van der Waals surface area contributed by atoms with Crippen molar-refractivity contribution < 1.29 is 8.42 Å². The van der Waals surface area contributed by atoms with Crippen LogP contribution in [-0.2, 0) is 10.0 Å². The van der Waals surface area contributed by atoms with Gasteiger partial charge in [0.05, 0.1) is 4.90 Å². The van der Waals surface area contributed by atoms with Gasteiger partial charge in [-0.3, -0.25) is 0 Å². The van der Waals surface area contributed by atoms with Gasteiger partial charge in [0.25, 0.3) is 0 Å². The number of hydrogen-bond acceptors (Lipinski definition) is 2. The van der Waals surface area contributed by atoms with Gasteiger partial charge in [0.2, 0.25) is 10.0 Å². The van der Waals surface area contributed by atoms with E-state index in [-0.39, 0.29) is 12.1 Å². The largest absolute Gasteiger partial charge is 0.244 e. The number of sulfonamides is 1. The van der Waals surface area contributed by atoms with Crippen molar-refractivity contribution in [3.05, 3.63) is 42.5 Å². The summed E-state index contributed by atoms with van der Waals surface area (Å²) in [4.78, 5) is 0.432. The minimum absolute atomic E-state index is 0.0673. The average Bonchev–Trinajstić information content (AvgIpc) is 2.46. The Kier molecular flexibility index (Phi) is 3.76. The third-order valence-electron chi connectivity index (χ3n) is 4.42. The molecule has 112 valence electrons. The molecule has 1 saturated heterocycles. The number of hydrogen-bond donors (Lipinski definition) is 0. The van der Waals surface area contributed by atoms with Gasteiger partial charge in [0, 0.05) is 17.5 Å². The molecule has 0 N–H and O–H groups in total. The van der Waals surface area contributed by atoms with E-state index in [9.17, 15) is 8.42 Å². The van der Waals surface area contributed by atoms with Crippen molar-refractivity contribution >= 4 is 20.8 Å². The lowest BCUT2D eigenvalue weighted by Crippen LogP contribution is -2.47. The smallest absolute Gasteiger partial charge is 0.207 e. The van der Waals surface area contributed by atoms with Gasteiger partial charge in [-0.15, -0.1) is 0 Å². The molecule has 0 amide bonds. The van der Waals surface area contributed by atoms with Gasteiger partial charge >= 0.3 is 0 Å². The van der Waals surface area contributed by atoms with Crippen LogP contribution in [0.25, 0.3) is 10.8 Å². The van der Waals surface area contributed by atoms with Crippen LogP contribution in [0.4, 0.5) is 0 Å². The van der Waals surface area contributed by atoms with Crippen molar-refractivity contribution in [2.45, 2.75) is 50.1 Å². The third kappa shape index (κ3) is 2.47. The van der Waals surface area contributed by atoms with Gasteiger partial charge in [0.15, 0.2) is 0 Å². The van der Waals surface area contributed by atoms with E-state index in [1.165, 1.54) is 0 Å². The molecule has 1 fully saturated rings. The predicted molar refractivity (Wildman–Crippen MR) is 85.7 cm³/mol. The average molecular weight is 303 g/mol. The Morgan fingerprint density at radius 3 is 2.29 bits per heavy atom. The number of benzene rings is 2. The SMILES string of the molecule is C[C@@H]1CCC[C@H](C)N1S(=O)(=O)c1cccc2ccccc12. The van der Waals surface area contributed by atoms with Crippen LogP contribution < -0.4 is 0 Å². The monoisotopic (exact) mass is 303 g/mol. The quantitative estimate of drug-likeness (QED) is 0.846. The summed E-state index contributed by atoms with van der Waals surface area (Å²) in [6.45, 7) is 4.02. The summed E-state index contributed by atoms with van der Waals surface area (Å²) in [6.07, 6.45) is 2.98. The second-order valence-corrected chi connectivity index (χ2v) is 7.75. The summed E-state index contributed by atoms with van der Waals surface area (Å²) in [5.74, 6) is 0. The van der Waals surface area contributed by atoms with E-state index in [0.717, 1.165) is 30.0 Å². The van der Waals surface area contributed by atoms with E-state index in [0.29, 0.717) is 4.90 Å². The molecule has 1 aliphatic rings. The molecule has 2 aromatic rings. The lowest BCUT2D eigenvalue weighted by Gasteiger charge is -2.37. The van der Waals surface area contributed by atoms with Crippen LogP contribution in [0.3, 0.4) is 0 Å². The van der Waals surface area contributed by atoms with Crippen LogP contribution in [-0.4, -0.2) is 24.8 Å². The van der Waals surface area contributed by atoms with Gasteiger partial charge < -0.3 is 0 Å². The highest BCUT2D eigenvalue weighted by Gasteiger charge is 2.36. The Bertz CT molecular complexity index is 739. The highest BCUT2D eigenvalue weighted by atomic mass is 32.2. The topological polar surface area (TPSA) is 37.4 Å². The molecule has 0 aliphatic carbocycles. The van der Waals surface area contributed by atoms with Gasteiger partial charge in [-0.2, -0.15) is 4.31 Å². The molecule has 0 saturated carbocycles. The van der Waals surface area contributed by atoms with E-state index in [4.69, 9.17) is 0 Å². The van der Waals surface area contributed by atoms with Crippen LogP contribution >= 0.6 is 0 Å². The molecular formula is C17H21NO2S. The van der Waals surface area contributed by atoms with Crippen LogP contribution in [0, 0.1) is 0 Å². The first kappa shape index (κ1) is 14.5. The van der Waals surface area contributed by atoms with E-state index in [2.05, 4.69) is 0 Å². The lowest BCUT2D eigenvalue weighted by atomic mass is 10.0. The van der Waals surface area contributed by atoms with Crippen molar-refractivity contribution in [2.24, 2.45) is 0 Å². The first-order valence-corrected chi connectivity index (χ1v) is 8.97.